The molecule has 0 amide bonds. The van der Waals surface area contributed by atoms with Gasteiger partial charge < -0.3 is 14.2 Å². The Hall–Kier alpha value is -2.79. The number of esters is 1. The van der Waals surface area contributed by atoms with Crippen molar-refractivity contribution in [3.05, 3.63) is 64.3 Å². The first-order chi connectivity index (χ1) is 12.1. The van der Waals surface area contributed by atoms with Crippen LogP contribution in [0.15, 0.2) is 53.2 Å². The Kier molecular flexibility index (Phi) is 5.05. The van der Waals surface area contributed by atoms with Crippen molar-refractivity contribution in [2.45, 2.75) is 6.92 Å². The van der Waals surface area contributed by atoms with Crippen LogP contribution in [0.1, 0.15) is 18.1 Å². The van der Waals surface area contributed by atoms with Crippen LogP contribution in [0.25, 0.3) is 6.08 Å². The molecule has 0 saturated carbocycles. The molecule has 1 heterocycles. The number of aliphatic imine (C=N–C) groups is 1. The molecule has 0 fully saturated rings. The number of benzene rings is 2. The maximum absolute atomic E-state index is 12.1. The van der Waals surface area contributed by atoms with E-state index in [0.29, 0.717) is 28.7 Å². The molecule has 0 saturated heterocycles. The van der Waals surface area contributed by atoms with Gasteiger partial charge in [0.2, 0.25) is 5.90 Å². The number of cyclic esters (lactones) is 1. The van der Waals surface area contributed by atoms with Gasteiger partial charge in [-0.2, -0.15) is 0 Å². The van der Waals surface area contributed by atoms with Crippen molar-refractivity contribution in [2.24, 2.45) is 4.99 Å². The maximum atomic E-state index is 12.1. The lowest BCUT2D eigenvalue weighted by Gasteiger charge is -2.09. The highest BCUT2D eigenvalue weighted by Gasteiger charge is 2.25. The van der Waals surface area contributed by atoms with E-state index in [1.165, 1.54) is 0 Å². The van der Waals surface area contributed by atoms with Gasteiger partial charge in [-0.3, -0.25) is 0 Å². The molecule has 0 radical (unpaired) electrons. The number of hydrogen-bond donors (Lipinski definition) is 0. The minimum absolute atomic E-state index is 0.194. The summed E-state index contributed by atoms with van der Waals surface area (Å²) in [6.45, 7) is 2.43. The van der Waals surface area contributed by atoms with E-state index in [0.717, 1.165) is 5.56 Å². The Labute approximate surface area is 150 Å². The van der Waals surface area contributed by atoms with E-state index in [2.05, 4.69) is 4.99 Å². The Morgan fingerprint density at radius 2 is 2.00 bits per heavy atom. The van der Waals surface area contributed by atoms with E-state index in [4.69, 9.17) is 25.8 Å². The van der Waals surface area contributed by atoms with Crippen LogP contribution in [0, 0.1) is 0 Å². The van der Waals surface area contributed by atoms with Gasteiger partial charge >= 0.3 is 5.97 Å². The Balaban J connectivity index is 1.93. The number of halogens is 1. The Bertz CT molecular complexity index is 873. The average molecular weight is 358 g/mol. The molecule has 25 heavy (non-hydrogen) atoms. The third-order valence-corrected chi connectivity index (χ3v) is 3.85. The van der Waals surface area contributed by atoms with Crippen LogP contribution in [0.5, 0.6) is 11.5 Å². The van der Waals surface area contributed by atoms with Crippen LogP contribution in [-0.2, 0) is 9.53 Å². The molecule has 0 spiro atoms. The zero-order chi connectivity index (χ0) is 17.8. The summed E-state index contributed by atoms with van der Waals surface area (Å²) >= 11 is 6.12. The number of nitrogens with zero attached hydrogens (tertiary/aromatic N) is 1. The van der Waals surface area contributed by atoms with Gasteiger partial charge in [-0.1, -0.05) is 29.8 Å². The fraction of sp³-hybridized carbons (Fsp3) is 0.158. The van der Waals surface area contributed by atoms with Crippen LogP contribution >= 0.6 is 11.6 Å². The molecule has 1 aliphatic heterocycles. The quantitative estimate of drug-likeness (QED) is 0.597. The lowest BCUT2D eigenvalue weighted by molar-refractivity contribution is -0.129. The number of ether oxygens (including phenoxy) is 3. The molecule has 3 rings (SSSR count). The van der Waals surface area contributed by atoms with Crippen molar-refractivity contribution >= 4 is 29.5 Å². The predicted molar refractivity (Wildman–Crippen MR) is 96.2 cm³/mol. The molecule has 0 bridgehead atoms. The van der Waals surface area contributed by atoms with E-state index in [9.17, 15) is 4.79 Å². The predicted octanol–water partition coefficient (Wildman–Crippen LogP) is 4.09. The second kappa shape index (κ2) is 7.40. The Morgan fingerprint density at radius 3 is 2.72 bits per heavy atom. The van der Waals surface area contributed by atoms with Crippen molar-refractivity contribution in [3.8, 4) is 11.5 Å². The second-order valence-electron chi connectivity index (χ2n) is 5.16. The molecule has 128 valence electrons. The summed E-state index contributed by atoms with van der Waals surface area (Å²) in [7, 11) is 1.56. The molecule has 0 atom stereocenters. The van der Waals surface area contributed by atoms with Crippen molar-refractivity contribution in [2.75, 3.05) is 13.7 Å². The van der Waals surface area contributed by atoms with Crippen molar-refractivity contribution in [1.82, 2.24) is 0 Å². The van der Waals surface area contributed by atoms with Crippen molar-refractivity contribution in [1.29, 1.82) is 0 Å². The maximum Gasteiger partial charge on any atom is 0.363 e. The van der Waals surface area contributed by atoms with Crippen molar-refractivity contribution < 1.29 is 19.0 Å². The molecular weight excluding hydrogens is 342 g/mol. The van der Waals surface area contributed by atoms with E-state index in [1.807, 2.05) is 13.0 Å². The molecule has 2 aromatic carbocycles. The molecule has 2 aromatic rings. The minimum atomic E-state index is -0.525. The molecular formula is C19H16ClNO4. The summed E-state index contributed by atoms with van der Waals surface area (Å²) < 4.78 is 16.0. The summed E-state index contributed by atoms with van der Waals surface area (Å²) in [4.78, 5) is 16.4. The number of methoxy groups -OCH3 is 1. The molecule has 5 nitrogen and oxygen atoms in total. The van der Waals surface area contributed by atoms with Crippen LogP contribution in [0.3, 0.4) is 0 Å². The SMILES string of the molecule is CCOc1ccc(C=C2N=C(c3ccccc3Cl)OC2=O)cc1OC. The second-order valence-corrected chi connectivity index (χ2v) is 5.57. The fourth-order valence-electron chi connectivity index (χ4n) is 2.37. The van der Waals surface area contributed by atoms with Gasteiger partial charge in [-0.15, -0.1) is 0 Å². The van der Waals surface area contributed by atoms with Crippen LogP contribution in [-0.4, -0.2) is 25.6 Å². The van der Waals surface area contributed by atoms with Crippen LogP contribution in [0.4, 0.5) is 0 Å². The molecule has 0 aromatic heterocycles. The fourth-order valence-corrected chi connectivity index (χ4v) is 2.58. The third-order valence-electron chi connectivity index (χ3n) is 3.52. The highest BCUT2D eigenvalue weighted by atomic mass is 35.5. The lowest BCUT2D eigenvalue weighted by Crippen LogP contribution is -2.05. The van der Waals surface area contributed by atoms with E-state index in [-0.39, 0.29) is 11.6 Å². The zero-order valence-electron chi connectivity index (χ0n) is 13.8. The van der Waals surface area contributed by atoms with E-state index < -0.39 is 5.97 Å². The number of carbonyl (C=O) groups excluding carboxylic acids is 1. The summed E-state index contributed by atoms with van der Waals surface area (Å²) in [6.07, 6.45) is 1.63. The summed E-state index contributed by atoms with van der Waals surface area (Å²) in [5.74, 6) is 0.891. The molecule has 1 aliphatic rings. The Morgan fingerprint density at radius 1 is 1.20 bits per heavy atom. The summed E-state index contributed by atoms with van der Waals surface area (Å²) in [5, 5.41) is 0.470. The zero-order valence-corrected chi connectivity index (χ0v) is 14.5. The topological polar surface area (TPSA) is 57.1 Å². The number of rotatable bonds is 5. The van der Waals surface area contributed by atoms with E-state index in [1.54, 1.807) is 49.6 Å². The van der Waals surface area contributed by atoms with Gasteiger partial charge in [-0.05, 0) is 42.8 Å². The van der Waals surface area contributed by atoms with E-state index >= 15 is 0 Å². The van der Waals surface area contributed by atoms with Gasteiger partial charge in [0, 0.05) is 0 Å². The largest absolute Gasteiger partial charge is 0.493 e. The monoisotopic (exact) mass is 357 g/mol. The standard InChI is InChI=1S/C19H16ClNO4/c1-3-24-16-9-8-12(11-17(16)23-2)10-15-19(22)25-18(21-15)13-6-4-5-7-14(13)20/h4-11H,3H2,1-2H3. The van der Waals surface area contributed by atoms with Gasteiger partial charge in [-0.25, -0.2) is 9.79 Å². The highest BCUT2D eigenvalue weighted by molar-refractivity contribution is 6.34. The average Bonchev–Trinajstić information content (AvgIpc) is 2.97. The van der Waals surface area contributed by atoms with Crippen LogP contribution in [0.2, 0.25) is 5.02 Å². The van der Waals surface area contributed by atoms with Gasteiger partial charge in [0.05, 0.1) is 24.3 Å². The van der Waals surface area contributed by atoms with Gasteiger partial charge in [0.1, 0.15) is 0 Å². The first-order valence-electron chi connectivity index (χ1n) is 7.70. The molecule has 0 aliphatic carbocycles. The first-order valence-corrected chi connectivity index (χ1v) is 8.08. The molecule has 6 heteroatoms. The third kappa shape index (κ3) is 3.67. The smallest absolute Gasteiger partial charge is 0.363 e. The van der Waals surface area contributed by atoms with Gasteiger partial charge in [0.15, 0.2) is 17.2 Å². The summed E-state index contributed by atoms with van der Waals surface area (Å²) in [6, 6.07) is 12.4. The summed E-state index contributed by atoms with van der Waals surface area (Å²) in [5.41, 5.74) is 1.52. The molecule has 0 N–H and O–H groups in total. The minimum Gasteiger partial charge on any atom is -0.493 e. The van der Waals surface area contributed by atoms with Crippen molar-refractivity contribution in [3.63, 3.8) is 0 Å². The first kappa shape index (κ1) is 17.0. The highest BCUT2D eigenvalue weighted by Crippen LogP contribution is 2.30. The van der Waals surface area contributed by atoms with Gasteiger partial charge in [0.25, 0.3) is 0 Å². The van der Waals surface area contributed by atoms with Crippen LogP contribution < -0.4 is 9.47 Å². The lowest BCUT2D eigenvalue weighted by atomic mass is 10.1. The number of carbonyl (C=O) groups is 1. The number of hydrogen-bond acceptors (Lipinski definition) is 5. The normalized spacial score (nSPS) is 15.1. The molecule has 0 unspecified atom stereocenters.